The van der Waals surface area contributed by atoms with Gasteiger partial charge in [0.15, 0.2) is 0 Å². The Kier molecular flexibility index (Phi) is 6.79. The minimum Gasteiger partial charge on any atom is -0.385 e. The molecule has 1 aromatic rings. The lowest BCUT2D eigenvalue weighted by Gasteiger charge is -2.05. The first-order valence-electron chi connectivity index (χ1n) is 6.24. The van der Waals surface area contributed by atoms with Crippen LogP contribution in [-0.4, -0.2) is 31.2 Å². The van der Waals surface area contributed by atoms with Crippen LogP contribution in [0.2, 0.25) is 0 Å². The zero-order valence-electron chi connectivity index (χ0n) is 11.6. The first-order chi connectivity index (χ1) is 9.67. The van der Waals surface area contributed by atoms with Crippen LogP contribution in [0, 0.1) is 18.3 Å². The summed E-state index contributed by atoms with van der Waals surface area (Å²) in [5.41, 5.74) is 1.63. The maximum Gasteiger partial charge on any atom is 0.263 e. The Labute approximate surface area is 118 Å². The molecule has 0 atom stereocenters. The van der Waals surface area contributed by atoms with E-state index in [1.54, 1.807) is 13.3 Å². The number of methoxy groups -OCH3 is 1. The van der Waals surface area contributed by atoms with Crippen LogP contribution in [0.5, 0.6) is 0 Å². The number of amides is 1. The number of anilines is 1. The summed E-state index contributed by atoms with van der Waals surface area (Å²) in [4.78, 5) is 15.8. The topological polar surface area (TPSA) is 87.0 Å². The second kappa shape index (κ2) is 8.67. The molecule has 1 aromatic heterocycles. The summed E-state index contributed by atoms with van der Waals surface area (Å²) in [5, 5.41) is 14.5. The number of carbonyl (C=O) groups excluding carboxylic acids is 1. The van der Waals surface area contributed by atoms with Crippen molar-refractivity contribution in [1.29, 1.82) is 5.26 Å². The molecule has 2 N–H and O–H groups in total. The van der Waals surface area contributed by atoms with E-state index >= 15 is 0 Å². The highest BCUT2D eigenvalue weighted by molar-refractivity contribution is 5.97. The van der Waals surface area contributed by atoms with E-state index in [0.29, 0.717) is 19.6 Å². The number of pyridine rings is 1. The summed E-state index contributed by atoms with van der Waals surface area (Å²) in [5.74, 6) is -0.406. The molecule has 0 spiro atoms. The van der Waals surface area contributed by atoms with Crippen LogP contribution in [0.25, 0.3) is 0 Å². The molecule has 106 valence electrons. The molecule has 0 unspecified atom stereocenters. The van der Waals surface area contributed by atoms with Gasteiger partial charge in [0.2, 0.25) is 0 Å². The van der Waals surface area contributed by atoms with Crippen molar-refractivity contribution in [3.63, 3.8) is 0 Å². The number of hydrogen-bond donors (Lipinski definition) is 2. The third-order valence-electron chi connectivity index (χ3n) is 2.47. The molecule has 0 aliphatic carbocycles. The van der Waals surface area contributed by atoms with Gasteiger partial charge in [-0.1, -0.05) is 0 Å². The highest BCUT2D eigenvalue weighted by atomic mass is 16.5. The highest BCUT2D eigenvalue weighted by Gasteiger charge is 2.07. The summed E-state index contributed by atoms with van der Waals surface area (Å²) in [6.45, 7) is 2.92. The number of nitriles is 1. The maximum atomic E-state index is 11.7. The van der Waals surface area contributed by atoms with Gasteiger partial charge >= 0.3 is 0 Å². The lowest BCUT2D eigenvalue weighted by molar-refractivity contribution is -0.117. The molecule has 0 fully saturated rings. The van der Waals surface area contributed by atoms with Crippen LogP contribution in [0.1, 0.15) is 12.1 Å². The third kappa shape index (κ3) is 5.50. The van der Waals surface area contributed by atoms with E-state index in [4.69, 9.17) is 10.00 Å². The van der Waals surface area contributed by atoms with Crippen molar-refractivity contribution in [3.8, 4) is 6.07 Å². The van der Waals surface area contributed by atoms with Gasteiger partial charge in [-0.25, -0.2) is 0 Å². The van der Waals surface area contributed by atoms with Gasteiger partial charge < -0.3 is 15.4 Å². The van der Waals surface area contributed by atoms with E-state index in [-0.39, 0.29) is 5.57 Å². The van der Waals surface area contributed by atoms with Gasteiger partial charge in [0, 0.05) is 32.2 Å². The third-order valence-corrected chi connectivity index (χ3v) is 2.47. The summed E-state index contributed by atoms with van der Waals surface area (Å²) in [6, 6.07) is 5.52. The molecule has 6 heteroatoms. The predicted molar refractivity (Wildman–Crippen MR) is 75.8 cm³/mol. The fourth-order valence-electron chi connectivity index (χ4n) is 1.37. The van der Waals surface area contributed by atoms with Gasteiger partial charge in [-0.2, -0.15) is 5.26 Å². The summed E-state index contributed by atoms with van der Waals surface area (Å²) in [7, 11) is 1.60. The van der Waals surface area contributed by atoms with E-state index in [0.717, 1.165) is 11.4 Å². The predicted octanol–water partition coefficient (Wildman–Crippen LogP) is 1.36. The molecule has 0 aliphatic rings. The molecule has 0 aromatic carbocycles. The average molecular weight is 274 g/mol. The molecule has 0 saturated heterocycles. The zero-order chi connectivity index (χ0) is 14.8. The van der Waals surface area contributed by atoms with Crippen LogP contribution >= 0.6 is 0 Å². The Hall–Kier alpha value is -2.39. The smallest absolute Gasteiger partial charge is 0.263 e. The fourth-order valence-corrected chi connectivity index (χ4v) is 1.37. The highest BCUT2D eigenvalue weighted by Crippen LogP contribution is 2.06. The Morgan fingerprint density at radius 3 is 2.95 bits per heavy atom. The standard InChI is InChI=1S/C14H18N4O2/c1-11-4-5-13(10-17-11)18-9-12(8-15)14(19)16-6-3-7-20-2/h4-5,9-10,18H,3,6-7H2,1-2H3,(H,16,19)/b12-9-. The number of ether oxygens (including phenoxy) is 1. The van der Waals surface area contributed by atoms with Crippen LogP contribution < -0.4 is 10.6 Å². The number of aromatic nitrogens is 1. The van der Waals surface area contributed by atoms with E-state index in [2.05, 4.69) is 15.6 Å². The maximum absolute atomic E-state index is 11.7. The van der Waals surface area contributed by atoms with Crippen molar-refractivity contribution >= 4 is 11.6 Å². The molecule has 6 nitrogen and oxygen atoms in total. The van der Waals surface area contributed by atoms with Crippen molar-refractivity contribution < 1.29 is 9.53 Å². The quantitative estimate of drug-likeness (QED) is 0.445. The molecule has 1 rings (SSSR count). The number of nitrogens with zero attached hydrogens (tertiary/aromatic N) is 2. The number of aryl methyl sites for hydroxylation is 1. The zero-order valence-corrected chi connectivity index (χ0v) is 11.6. The van der Waals surface area contributed by atoms with E-state index in [9.17, 15) is 4.79 Å². The van der Waals surface area contributed by atoms with E-state index < -0.39 is 5.91 Å². The summed E-state index contributed by atoms with van der Waals surface area (Å²) < 4.78 is 4.88. The largest absolute Gasteiger partial charge is 0.385 e. The van der Waals surface area contributed by atoms with Gasteiger partial charge in [0.1, 0.15) is 11.6 Å². The fraction of sp³-hybridized carbons (Fsp3) is 0.357. The van der Waals surface area contributed by atoms with Gasteiger partial charge in [0.05, 0.1) is 11.9 Å². The lowest BCUT2D eigenvalue weighted by Crippen LogP contribution is -2.26. The van der Waals surface area contributed by atoms with E-state index in [1.807, 2.05) is 25.1 Å². The SMILES string of the molecule is COCCCNC(=O)/C(C#N)=C\Nc1ccc(C)nc1. The molecule has 1 amide bonds. The Balaban J connectivity index is 2.52. The first kappa shape index (κ1) is 15.7. The van der Waals surface area contributed by atoms with Crippen molar-refractivity contribution in [1.82, 2.24) is 10.3 Å². The lowest BCUT2D eigenvalue weighted by atomic mass is 10.3. The number of carbonyl (C=O) groups is 1. The van der Waals surface area contributed by atoms with Gasteiger partial charge in [0.25, 0.3) is 5.91 Å². The summed E-state index contributed by atoms with van der Waals surface area (Å²) in [6.07, 6.45) is 3.71. The van der Waals surface area contributed by atoms with Crippen LogP contribution in [0.4, 0.5) is 5.69 Å². The van der Waals surface area contributed by atoms with Crippen LogP contribution in [0.15, 0.2) is 30.1 Å². The van der Waals surface area contributed by atoms with Crippen LogP contribution in [-0.2, 0) is 9.53 Å². The van der Waals surface area contributed by atoms with Gasteiger partial charge in [-0.3, -0.25) is 9.78 Å². The van der Waals surface area contributed by atoms with Crippen LogP contribution in [0.3, 0.4) is 0 Å². The number of rotatable bonds is 7. The van der Waals surface area contributed by atoms with E-state index in [1.165, 1.54) is 6.20 Å². The molecule has 20 heavy (non-hydrogen) atoms. The van der Waals surface area contributed by atoms with Crippen molar-refractivity contribution in [3.05, 3.63) is 35.8 Å². The van der Waals surface area contributed by atoms with Gasteiger partial charge in [-0.15, -0.1) is 0 Å². The second-order valence-corrected chi connectivity index (χ2v) is 4.10. The Morgan fingerprint density at radius 1 is 1.55 bits per heavy atom. The number of nitrogens with one attached hydrogen (secondary N) is 2. The molecule has 0 aliphatic heterocycles. The second-order valence-electron chi connectivity index (χ2n) is 4.10. The monoisotopic (exact) mass is 274 g/mol. The first-order valence-corrected chi connectivity index (χ1v) is 6.24. The molecule has 0 radical (unpaired) electrons. The normalized spacial score (nSPS) is 10.8. The van der Waals surface area contributed by atoms with Crippen molar-refractivity contribution in [2.24, 2.45) is 0 Å². The van der Waals surface area contributed by atoms with Gasteiger partial charge in [-0.05, 0) is 25.5 Å². The van der Waals surface area contributed by atoms with Crippen molar-refractivity contribution in [2.45, 2.75) is 13.3 Å². The molecular formula is C14H18N4O2. The molecule has 0 bridgehead atoms. The minimum absolute atomic E-state index is 0.0167. The Morgan fingerprint density at radius 2 is 2.35 bits per heavy atom. The molecule has 1 heterocycles. The molecule has 0 saturated carbocycles. The summed E-state index contributed by atoms with van der Waals surface area (Å²) >= 11 is 0. The number of hydrogen-bond acceptors (Lipinski definition) is 5. The van der Waals surface area contributed by atoms with Crippen molar-refractivity contribution in [2.75, 3.05) is 25.6 Å². The minimum atomic E-state index is -0.406. The average Bonchev–Trinajstić information content (AvgIpc) is 2.46. The molecular weight excluding hydrogens is 256 g/mol. The Bertz CT molecular complexity index is 503.